The summed E-state index contributed by atoms with van der Waals surface area (Å²) in [6, 6.07) is 1.48. The molecular weight excluding hydrogens is 392 g/mol. The van der Waals surface area contributed by atoms with E-state index in [4.69, 9.17) is 5.73 Å². The molecule has 0 amide bonds. The van der Waals surface area contributed by atoms with Crippen LogP contribution in [0.3, 0.4) is 0 Å². The van der Waals surface area contributed by atoms with Gasteiger partial charge in [-0.1, -0.05) is 0 Å². The molecule has 0 aliphatic heterocycles. The van der Waals surface area contributed by atoms with E-state index < -0.39 is 12.2 Å². The van der Waals surface area contributed by atoms with Crippen LogP contribution in [0.15, 0.2) is 10.7 Å². The molecule has 0 aliphatic rings. The van der Waals surface area contributed by atoms with Crippen LogP contribution in [0, 0.1) is 3.57 Å². The molecule has 1 heterocycles. The Labute approximate surface area is 105 Å². The zero-order valence-corrected chi connectivity index (χ0v) is 10.9. The van der Waals surface area contributed by atoms with Crippen molar-refractivity contribution in [2.24, 2.45) is 5.73 Å². The van der Waals surface area contributed by atoms with E-state index in [1.807, 2.05) is 22.6 Å². The van der Waals surface area contributed by atoms with Gasteiger partial charge in [0, 0.05) is 15.7 Å². The van der Waals surface area contributed by atoms with E-state index in [0.717, 1.165) is 0 Å². The molecule has 3 nitrogen and oxygen atoms in total. The second-order valence-electron chi connectivity index (χ2n) is 2.48. The minimum absolute atomic E-state index is 0.0678. The lowest BCUT2D eigenvalue weighted by Gasteiger charge is -2.12. The molecule has 8 heteroatoms. The maximum absolute atomic E-state index is 12.0. The minimum atomic E-state index is -4.76. The lowest BCUT2D eigenvalue weighted by Crippen LogP contribution is -2.20. The first-order valence-electron chi connectivity index (χ1n) is 3.64. The quantitative estimate of drug-likeness (QED) is 0.617. The smallest absolute Gasteiger partial charge is 0.387 e. The van der Waals surface area contributed by atoms with Crippen LogP contribution in [0.5, 0.6) is 5.88 Å². The number of hydrogen-bond donors (Lipinski definition) is 1. The van der Waals surface area contributed by atoms with Crippen LogP contribution in [0.2, 0.25) is 0 Å². The SMILES string of the molecule is NCc1cc(I)c(Br)nc1OC(F)(F)F. The van der Waals surface area contributed by atoms with E-state index in [9.17, 15) is 13.2 Å². The lowest BCUT2D eigenvalue weighted by molar-refractivity contribution is -0.276. The second-order valence-corrected chi connectivity index (χ2v) is 4.39. The maximum atomic E-state index is 12.0. The fraction of sp³-hybridized carbons (Fsp3) is 0.286. The molecule has 0 radical (unpaired) electrons. The van der Waals surface area contributed by atoms with Gasteiger partial charge < -0.3 is 10.5 Å². The number of hydrogen-bond acceptors (Lipinski definition) is 3. The van der Waals surface area contributed by atoms with Crippen LogP contribution in [-0.4, -0.2) is 11.3 Å². The molecule has 1 rings (SSSR count). The summed E-state index contributed by atoms with van der Waals surface area (Å²) in [5, 5.41) is 0. The van der Waals surface area contributed by atoms with Crippen molar-refractivity contribution in [2.45, 2.75) is 12.9 Å². The van der Waals surface area contributed by atoms with Gasteiger partial charge in [-0.3, -0.25) is 0 Å². The molecule has 84 valence electrons. The largest absolute Gasteiger partial charge is 0.574 e. The van der Waals surface area contributed by atoms with Crippen molar-refractivity contribution < 1.29 is 17.9 Å². The molecule has 15 heavy (non-hydrogen) atoms. The van der Waals surface area contributed by atoms with Gasteiger partial charge >= 0.3 is 6.36 Å². The first-order valence-corrected chi connectivity index (χ1v) is 5.51. The van der Waals surface area contributed by atoms with Gasteiger partial charge in [0.2, 0.25) is 5.88 Å². The van der Waals surface area contributed by atoms with Crippen molar-refractivity contribution >= 4 is 38.5 Å². The van der Waals surface area contributed by atoms with E-state index in [-0.39, 0.29) is 12.1 Å². The van der Waals surface area contributed by atoms with Gasteiger partial charge in [-0.25, -0.2) is 4.98 Å². The van der Waals surface area contributed by atoms with Crippen LogP contribution >= 0.6 is 38.5 Å². The highest BCUT2D eigenvalue weighted by Gasteiger charge is 2.33. The topological polar surface area (TPSA) is 48.1 Å². The number of ether oxygens (including phenoxy) is 1. The van der Waals surface area contributed by atoms with Crippen LogP contribution in [0.4, 0.5) is 13.2 Å². The summed E-state index contributed by atoms with van der Waals surface area (Å²) in [6.07, 6.45) is -4.76. The average Bonchev–Trinajstić information content (AvgIpc) is 2.08. The lowest BCUT2D eigenvalue weighted by atomic mass is 10.3. The molecule has 0 atom stereocenters. The zero-order chi connectivity index (χ0) is 11.6. The van der Waals surface area contributed by atoms with Crippen molar-refractivity contribution in [1.29, 1.82) is 0 Å². The van der Waals surface area contributed by atoms with E-state index in [1.54, 1.807) is 0 Å². The summed E-state index contributed by atoms with van der Waals surface area (Å²) >= 11 is 4.94. The summed E-state index contributed by atoms with van der Waals surface area (Å²) in [4.78, 5) is 3.62. The number of nitrogens with zero attached hydrogens (tertiary/aromatic N) is 1. The second kappa shape index (κ2) is 4.83. The highest BCUT2D eigenvalue weighted by Crippen LogP contribution is 2.28. The van der Waals surface area contributed by atoms with E-state index in [2.05, 4.69) is 25.7 Å². The van der Waals surface area contributed by atoms with Crippen molar-refractivity contribution in [3.63, 3.8) is 0 Å². The molecule has 0 saturated heterocycles. The van der Waals surface area contributed by atoms with Gasteiger partial charge in [0.15, 0.2) is 0 Å². The molecule has 0 fully saturated rings. The first kappa shape index (κ1) is 13.0. The Kier molecular flexibility index (Phi) is 4.18. The number of aromatic nitrogens is 1. The molecule has 0 unspecified atom stereocenters. The zero-order valence-electron chi connectivity index (χ0n) is 7.11. The molecular formula is C7H5BrF3IN2O. The van der Waals surface area contributed by atoms with Crippen molar-refractivity contribution in [3.8, 4) is 5.88 Å². The van der Waals surface area contributed by atoms with Gasteiger partial charge in [-0.05, 0) is 44.6 Å². The van der Waals surface area contributed by atoms with Crippen LogP contribution < -0.4 is 10.5 Å². The summed E-state index contributed by atoms with van der Waals surface area (Å²) < 4.78 is 40.6. The summed E-state index contributed by atoms with van der Waals surface area (Å²) in [6.45, 7) is -0.0678. The fourth-order valence-corrected chi connectivity index (χ4v) is 1.60. The summed E-state index contributed by atoms with van der Waals surface area (Å²) in [5.74, 6) is -0.516. The Morgan fingerprint density at radius 3 is 2.60 bits per heavy atom. The number of alkyl halides is 3. The van der Waals surface area contributed by atoms with Gasteiger partial charge in [-0.2, -0.15) is 0 Å². The van der Waals surface area contributed by atoms with Crippen molar-refractivity contribution in [3.05, 3.63) is 19.8 Å². The molecule has 2 N–H and O–H groups in total. The molecule has 0 aromatic carbocycles. The van der Waals surface area contributed by atoms with Gasteiger partial charge in [-0.15, -0.1) is 13.2 Å². The van der Waals surface area contributed by atoms with Crippen LogP contribution in [0.25, 0.3) is 0 Å². The Morgan fingerprint density at radius 2 is 2.13 bits per heavy atom. The monoisotopic (exact) mass is 396 g/mol. The maximum Gasteiger partial charge on any atom is 0.574 e. The number of pyridine rings is 1. The Bertz CT molecular complexity index is 372. The third-order valence-corrected chi connectivity index (χ3v) is 3.57. The van der Waals surface area contributed by atoms with Crippen LogP contribution in [-0.2, 0) is 6.54 Å². The Hall–Kier alpha value is -0.0900. The normalized spacial score (nSPS) is 11.6. The molecule has 0 aliphatic carbocycles. The molecule has 1 aromatic rings. The van der Waals surface area contributed by atoms with Crippen molar-refractivity contribution in [2.75, 3.05) is 0 Å². The third kappa shape index (κ3) is 3.76. The highest BCUT2D eigenvalue weighted by atomic mass is 127. The van der Waals surface area contributed by atoms with E-state index in [0.29, 0.717) is 8.17 Å². The van der Waals surface area contributed by atoms with E-state index >= 15 is 0 Å². The van der Waals surface area contributed by atoms with Crippen molar-refractivity contribution in [1.82, 2.24) is 4.98 Å². The average molecular weight is 397 g/mol. The number of halogens is 5. The summed E-state index contributed by atoms with van der Waals surface area (Å²) in [7, 11) is 0. The van der Waals surface area contributed by atoms with Gasteiger partial charge in [0.1, 0.15) is 4.60 Å². The highest BCUT2D eigenvalue weighted by molar-refractivity contribution is 14.1. The number of rotatable bonds is 2. The van der Waals surface area contributed by atoms with Crippen LogP contribution in [0.1, 0.15) is 5.56 Å². The molecule has 0 bridgehead atoms. The molecule has 1 aromatic heterocycles. The molecule has 0 saturated carbocycles. The van der Waals surface area contributed by atoms with Gasteiger partial charge in [0.05, 0.1) is 0 Å². The standard InChI is InChI=1S/C7H5BrF3IN2O/c8-5-4(12)1-3(2-13)6(14-5)15-7(9,10)11/h1H,2,13H2. The predicted octanol–water partition coefficient (Wildman–Crippen LogP) is 2.81. The predicted molar refractivity (Wildman–Crippen MR) is 59.2 cm³/mol. The third-order valence-electron chi connectivity index (χ3n) is 1.40. The number of nitrogens with two attached hydrogens (primary N) is 1. The van der Waals surface area contributed by atoms with Gasteiger partial charge in [0.25, 0.3) is 0 Å². The first-order chi connectivity index (χ1) is 6.83. The minimum Gasteiger partial charge on any atom is -0.387 e. The fourth-order valence-electron chi connectivity index (χ4n) is 0.833. The van der Waals surface area contributed by atoms with E-state index in [1.165, 1.54) is 6.07 Å². The molecule has 0 spiro atoms. The Morgan fingerprint density at radius 1 is 1.53 bits per heavy atom. The summed E-state index contributed by atoms with van der Waals surface area (Å²) in [5.41, 5.74) is 5.49. The Balaban J connectivity index is 3.11.